The van der Waals surface area contributed by atoms with Crippen molar-refractivity contribution in [2.45, 2.75) is 370 Å². The molecule has 0 aromatic rings. The van der Waals surface area contributed by atoms with E-state index >= 15 is 0 Å². The zero-order valence-corrected chi connectivity index (χ0v) is 53.4. The van der Waals surface area contributed by atoms with E-state index in [1.807, 2.05) is 0 Å². The number of hydrogen-bond donors (Lipinski definition) is 0. The summed E-state index contributed by atoms with van der Waals surface area (Å²) in [4.78, 5) is 27.4. The minimum atomic E-state index is -4.04. The minimum absolute atomic E-state index is 0.102. The molecule has 0 amide bonds. The first-order valence-corrected chi connectivity index (χ1v) is 41.3. The summed E-state index contributed by atoms with van der Waals surface area (Å²) in [6.07, 6.45) is 69.7. The molecule has 0 aliphatic carbocycles. The van der Waals surface area contributed by atoms with Crippen LogP contribution in [0.2, 0.25) is 8.87 Å². The molecule has 0 aromatic carbocycles. The molecule has 0 bridgehead atoms. The molecule has 0 spiro atoms. The summed E-state index contributed by atoms with van der Waals surface area (Å²) in [6, 6.07) is 0. The van der Waals surface area contributed by atoms with Crippen LogP contribution in [-0.4, -0.2) is 54.2 Å². The Morgan fingerprint density at radius 3 is 0.620 bits per heavy atom. The predicted octanol–water partition coefficient (Wildman–Crippen LogP) is 23.3. The van der Waals surface area contributed by atoms with E-state index < -0.39 is 19.2 Å². The monoisotopic (exact) mass is 1140 g/mol. The van der Waals surface area contributed by atoms with Crippen LogP contribution in [0.5, 0.6) is 0 Å². The van der Waals surface area contributed by atoms with Gasteiger partial charge in [0.2, 0.25) is 0 Å². The molecule has 0 aliphatic rings. The quantitative estimate of drug-likeness (QED) is 0.0447. The molecule has 424 valence electrons. The predicted molar refractivity (Wildman–Crippen MR) is 325 cm³/mol. The van der Waals surface area contributed by atoms with Crippen LogP contribution in [0.25, 0.3) is 0 Å². The Labute approximate surface area is 460 Å². The van der Waals surface area contributed by atoms with Gasteiger partial charge in [0, 0.05) is 0 Å². The van der Waals surface area contributed by atoms with Gasteiger partial charge in [-0.3, -0.25) is 0 Å². The molecule has 71 heavy (non-hydrogen) atoms. The third-order valence-electron chi connectivity index (χ3n) is 15.1. The Kier molecular flexibility index (Phi) is 61.7. The van der Waals surface area contributed by atoms with E-state index in [2.05, 4.69) is 27.7 Å². The van der Waals surface area contributed by atoms with Crippen molar-refractivity contribution < 1.29 is 15.7 Å². The molecule has 0 heterocycles. The molecule has 0 rings (SSSR count). The van der Waals surface area contributed by atoms with Crippen molar-refractivity contribution in [1.82, 2.24) is 0 Å². The third-order valence-corrected chi connectivity index (χ3v) is 27.0. The summed E-state index contributed by atoms with van der Waals surface area (Å²) in [5, 5.41) is 0. The van der Waals surface area contributed by atoms with Crippen LogP contribution in [0.1, 0.15) is 362 Å². The molecule has 0 aliphatic heterocycles. The molecule has 0 atom stereocenters. The van der Waals surface area contributed by atoms with Crippen LogP contribution in [0.4, 0.5) is 0 Å². The summed E-state index contributed by atoms with van der Waals surface area (Å²) in [6.45, 7) is 9.18. The molecule has 0 saturated carbocycles. The first kappa shape index (κ1) is 71.4. The zero-order valence-electron chi connectivity index (χ0n) is 49.0. The van der Waals surface area contributed by atoms with Gasteiger partial charge >= 0.3 is 334 Å². The average molecular weight is 1140 g/mol. The van der Waals surface area contributed by atoms with Gasteiger partial charge in [-0.15, -0.1) is 0 Å². The molecular formula is C64H128O4S2Sn. The SMILES string of the molecule is CCCCCCCCCCCCCCCCCCSCC(=O)[O][Sn]([CH2]CCCCCCCCCCC)([CH2]CCCCCCCCCCC)[O]C(=O)CSCCCCCCCCCCCCCCCCCC. The Hall–Kier alpha value is 0.439. The standard InChI is InChI=1S/2C20H40O2S.2C12H25.Sn/c2*1-2-3-4-5-6-7-8-9-10-11-12-13-14-15-16-17-18-23-19-20(21)22;2*1-3-5-7-9-11-12-10-8-6-4-2;/h2*2-19H2,1H3,(H,21,22);2*1,3-12H2,2H3;/q;;;;+2/p-2. The summed E-state index contributed by atoms with van der Waals surface area (Å²) in [7, 11) is 0. The van der Waals surface area contributed by atoms with E-state index in [0.717, 1.165) is 46.1 Å². The van der Waals surface area contributed by atoms with Crippen molar-refractivity contribution in [1.29, 1.82) is 0 Å². The van der Waals surface area contributed by atoms with Crippen LogP contribution < -0.4 is 0 Å². The smallest absolute Gasteiger partial charge is 0.0654 e. The molecule has 0 fully saturated rings. The fraction of sp³-hybridized carbons (Fsp3) is 0.969. The van der Waals surface area contributed by atoms with Gasteiger partial charge < -0.3 is 0 Å². The molecule has 7 heteroatoms. The number of carbonyl (C=O) groups is 2. The van der Waals surface area contributed by atoms with Crippen molar-refractivity contribution in [2.24, 2.45) is 0 Å². The zero-order chi connectivity index (χ0) is 51.5. The van der Waals surface area contributed by atoms with Crippen molar-refractivity contribution >= 4 is 54.7 Å². The van der Waals surface area contributed by atoms with Crippen molar-refractivity contribution in [3.05, 3.63) is 0 Å². The Balaban J connectivity index is 4.95. The minimum Gasteiger partial charge on any atom is -0.0654 e. The van der Waals surface area contributed by atoms with Gasteiger partial charge in [0.05, 0.1) is 0 Å². The van der Waals surface area contributed by atoms with Gasteiger partial charge in [-0.2, -0.15) is 0 Å². The van der Waals surface area contributed by atoms with E-state index in [-0.39, 0.29) is 11.9 Å². The molecule has 0 saturated heterocycles. The summed E-state index contributed by atoms with van der Waals surface area (Å²) in [5.41, 5.74) is 0. The first-order chi connectivity index (χ1) is 35.0. The number of unbranched alkanes of at least 4 members (excludes halogenated alkanes) is 48. The average Bonchev–Trinajstić information content (AvgIpc) is 3.36. The summed E-state index contributed by atoms with van der Waals surface area (Å²) >= 11 is -0.554. The first-order valence-electron chi connectivity index (χ1n) is 32.6. The summed E-state index contributed by atoms with van der Waals surface area (Å²) < 4.78 is 15.0. The van der Waals surface area contributed by atoms with Crippen LogP contribution in [-0.2, 0) is 15.7 Å². The van der Waals surface area contributed by atoms with Gasteiger partial charge in [0.1, 0.15) is 0 Å². The summed E-state index contributed by atoms with van der Waals surface area (Å²) in [5.74, 6) is 2.63. The van der Waals surface area contributed by atoms with E-state index in [1.54, 1.807) is 23.5 Å². The normalized spacial score (nSPS) is 11.8. The number of thioether (sulfide) groups is 2. The maximum absolute atomic E-state index is 13.7. The second-order valence-electron chi connectivity index (χ2n) is 22.4. The number of carbonyl (C=O) groups excluding carboxylic acids is 2. The Morgan fingerprint density at radius 1 is 0.254 bits per heavy atom. The van der Waals surface area contributed by atoms with Gasteiger partial charge in [0.25, 0.3) is 0 Å². The van der Waals surface area contributed by atoms with E-state index in [9.17, 15) is 9.59 Å². The van der Waals surface area contributed by atoms with Gasteiger partial charge in [0.15, 0.2) is 0 Å². The van der Waals surface area contributed by atoms with Crippen LogP contribution >= 0.6 is 23.5 Å². The molecule has 0 aromatic heterocycles. The Bertz CT molecular complexity index is 964. The van der Waals surface area contributed by atoms with E-state index in [0.29, 0.717) is 11.5 Å². The van der Waals surface area contributed by atoms with Crippen LogP contribution in [0.3, 0.4) is 0 Å². The Morgan fingerprint density at radius 2 is 0.423 bits per heavy atom. The molecular weight excluding hydrogens is 1020 g/mol. The number of rotatable bonds is 62. The van der Waals surface area contributed by atoms with Crippen LogP contribution in [0, 0.1) is 0 Å². The van der Waals surface area contributed by atoms with Crippen molar-refractivity contribution in [3.63, 3.8) is 0 Å². The molecule has 0 radical (unpaired) electrons. The van der Waals surface area contributed by atoms with Gasteiger partial charge in [-0.05, 0) is 0 Å². The van der Waals surface area contributed by atoms with Crippen LogP contribution in [0.15, 0.2) is 0 Å². The van der Waals surface area contributed by atoms with Gasteiger partial charge in [-0.25, -0.2) is 0 Å². The second kappa shape index (κ2) is 61.3. The second-order valence-corrected chi connectivity index (χ2v) is 33.9. The van der Waals surface area contributed by atoms with Crippen molar-refractivity contribution in [2.75, 3.05) is 23.0 Å². The van der Waals surface area contributed by atoms with Gasteiger partial charge in [-0.1, -0.05) is 129 Å². The topological polar surface area (TPSA) is 52.6 Å². The third kappa shape index (κ3) is 56.5. The van der Waals surface area contributed by atoms with E-state index in [4.69, 9.17) is 6.15 Å². The maximum atomic E-state index is 13.7. The van der Waals surface area contributed by atoms with E-state index in [1.165, 1.54) is 308 Å². The number of hydrogen-bond acceptors (Lipinski definition) is 6. The molecule has 0 unspecified atom stereocenters. The molecule has 0 N–H and O–H groups in total. The molecule has 4 nitrogen and oxygen atoms in total. The van der Waals surface area contributed by atoms with Crippen molar-refractivity contribution in [3.8, 4) is 0 Å². The fourth-order valence-electron chi connectivity index (χ4n) is 10.4. The fourth-order valence-corrected chi connectivity index (χ4v) is 21.8.